The minimum absolute atomic E-state index is 0.0708. The fraction of sp³-hybridized carbons (Fsp3) is 0.533. The number of hydrogen-bond donors (Lipinski definition) is 2. The van der Waals surface area contributed by atoms with Gasteiger partial charge in [0.1, 0.15) is 5.82 Å². The largest absolute Gasteiger partial charge is 0.336 e. The van der Waals surface area contributed by atoms with Gasteiger partial charge in [-0.15, -0.1) is 0 Å². The van der Waals surface area contributed by atoms with Crippen LogP contribution in [-0.2, 0) is 4.79 Å². The fourth-order valence-electron chi connectivity index (χ4n) is 2.39. The van der Waals surface area contributed by atoms with Gasteiger partial charge >= 0.3 is 6.03 Å². The molecular weight excluding hydrogens is 268 g/mol. The molecule has 1 atom stereocenters. The average molecular weight is 290 g/mol. The molecule has 6 heteroatoms. The van der Waals surface area contributed by atoms with Gasteiger partial charge in [0.25, 0.3) is 0 Å². The van der Waals surface area contributed by atoms with Gasteiger partial charge in [-0.05, 0) is 45.4 Å². The number of carbonyl (C=O) groups is 2. The molecule has 0 aliphatic carbocycles. The van der Waals surface area contributed by atoms with Crippen LogP contribution in [0.25, 0.3) is 0 Å². The third kappa shape index (κ3) is 3.93. The lowest BCUT2D eigenvalue weighted by atomic mass is 10.1. The number of aromatic nitrogens is 1. The zero-order chi connectivity index (χ0) is 15.6. The monoisotopic (exact) mass is 290 g/mol. The van der Waals surface area contributed by atoms with Crippen molar-refractivity contribution in [2.75, 3.05) is 11.9 Å². The summed E-state index contributed by atoms with van der Waals surface area (Å²) >= 11 is 0. The minimum atomic E-state index is -0.332. The molecule has 0 saturated carbocycles. The standard InChI is InChI=1S/C15H22N4O2/c1-10-5-6-16-12(7-10)18-14(21)17-11-8-13(20)19(9-11)15(2,3)4/h5-7,11H,8-9H2,1-4H3,(H2,16,17,18,21). The van der Waals surface area contributed by atoms with Crippen LogP contribution in [0.15, 0.2) is 18.3 Å². The van der Waals surface area contributed by atoms with E-state index in [1.807, 2.05) is 33.8 Å². The molecule has 2 rings (SSSR count). The van der Waals surface area contributed by atoms with Crippen LogP contribution in [0.5, 0.6) is 0 Å². The molecule has 1 fully saturated rings. The molecular formula is C15H22N4O2. The van der Waals surface area contributed by atoms with Crippen LogP contribution in [0, 0.1) is 6.92 Å². The number of hydrogen-bond acceptors (Lipinski definition) is 3. The topological polar surface area (TPSA) is 74.3 Å². The van der Waals surface area contributed by atoms with Crippen LogP contribution in [0.4, 0.5) is 10.6 Å². The summed E-state index contributed by atoms with van der Waals surface area (Å²) in [6.07, 6.45) is 1.98. The van der Waals surface area contributed by atoms with E-state index in [1.54, 1.807) is 17.2 Å². The van der Waals surface area contributed by atoms with Crippen LogP contribution in [0.2, 0.25) is 0 Å². The van der Waals surface area contributed by atoms with E-state index in [1.165, 1.54) is 0 Å². The summed E-state index contributed by atoms with van der Waals surface area (Å²) < 4.78 is 0. The van der Waals surface area contributed by atoms with Crippen molar-refractivity contribution < 1.29 is 9.59 Å². The van der Waals surface area contributed by atoms with Crippen LogP contribution in [0.1, 0.15) is 32.8 Å². The van der Waals surface area contributed by atoms with Gasteiger partial charge in [-0.3, -0.25) is 10.1 Å². The fourth-order valence-corrected chi connectivity index (χ4v) is 2.39. The molecule has 21 heavy (non-hydrogen) atoms. The number of likely N-dealkylation sites (tertiary alicyclic amines) is 1. The molecule has 2 heterocycles. The van der Waals surface area contributed by atoms with Gasteiger partial charge in [0.05, 0.1) is 6.04 Å². The second-order valence-electron chi connectivity index (χ2n) is 6.39. The Bertz CT molecular complexity index is 551. The number of aryl methyl sites for hydroxylation is 1. The molecule has 0 bridgehead atoms. The van der Waals surface area contributed by atoms with E-state index in [0.717, 1.165) is 5.56 Å². The first-order valence-electron chi connectivity index (χ1n) is 7.06. The summed E-state index contributed by atoms with van der Waals surface area (Å²) in [5, 5.41) is 5.51. The predicted molar refractivity (Wildman–Crippen MR) is 81.0 cm³/mol. The lowest BCUT2D eigenvalue weighted by molar-refractivity contribution is -0.131. The van der Waals surface area contributed by atoms with Crippen LogP contribution >= 0.6 is 0 Å². The highest BCUT2D eigenvalue weighted by atomic mass is 16.2. The highest BCUT2D eigenvalue weighted by molar-refractivity contribution is 5.89. The number of pyridine rings is 1. The van der Waals surface area contributed by atoms with Crippen molar-refractivity contribution in [3.8, 4) is 0 Å². The maximum Gasteiger partial charge on any atom is 0.320 e. The lowest BCUT2D eigenvalue weighted by Crippen LogP contribution is -2.45. The van der Waals surface area contributed by atoms with Gasteiger partial charge in [0, 0.05) is 24.7 Å². The summed E-state index contributed by atoms with van der Waals surface area (Å²) in [7, 11) is 0. The Morgan fingerprint density at radius 3 is 2.71 bits per heavy atom. The van der Waals surface area contributed by atoms with Gasteiger partial charge in [0.2, 0.25) is 5.91 Å². The number of rotatable bonds is 2. The van der Waals surface area contributed by atoms with Crippen LogP contribution in [-0.4, -0.2) is 39.9 Å². The maximum absolute atomic E-state index is 12.0. The van der Waals surface area contributed by atoms with Crippen LogP contribution in [0.3, 0.4) is 0 Å². The summed E-state index contributed by atoms with van der Waals surface area (Å²) in [4.78, 5) is 29.8. The zero-order valence-corrected chi connectivity index (χ0v) is 12.9. The molecule has 6 nitrogen and oxygen atoms in total. The van der Waals surface area contributed by atoms with Gasteiger partial charge in [-0.2, -0.15) is 0 Å². The summed E-state index contributed by atoms with van der Waals surface area (Å²) in [5.74, 6) is 0.575. The molecule has 114 valence electrons. The molecule has 3 amide bonds. The summed E-state index contributed by atoms with van der Waals surface area (Å²) in [5.41, 5.74) is 0.803. The molecule has 0 spiro atoms. The maximum atomic E-state index is 12.0. The first-order valence-corrected chi connectivity index (χ1v) is 7.06. The van der Waals surface area contributed by atoms with Crippen molar-refractivity contribution in [1.82, 2.24) is 15.2 Å². The minimum Gasteiger partial charge on any atom is -0.336 e. The molecule has 1 aromatic heterocycles. The number of nitrogens with one attached hydrogen (secondary N) is 2. The van der Waals surface area contributed by atoms with Crippen molar-refractivity contribution in [3.63, 3.8) is 0 Å². The number of amides is 3. The van der Waals surface area contributed by atoms with E-state index in [-0.39, 0.29) is 23.5 Å². The number of anilines is 1. The zero-order valence-electron chi connectivity index (χ0n) is 12.9. The second-order valence-corrected chi connectivity index (χ2v) is 6.39. The Hall–Kier alpha value is -2.11. The number of urea groups is 1. The Kier molecular flexibility index (Phi) is 4.16. The molecule has 1 unspecified atom stereocenters. The van der Waals surface area contributed by atoms with E-state index < -0.39 is 0 Å². The third-order valence-electron chi connectivity index (χ3n) is 3.43. The van der Waals surface area contributed by atoms with E-state index in [2.05, 4.69) is 15.6 Å². The Morgan fingerprint density at radius 2 is 2.14 bits per heavy atom. The number of carbonyl (C=O) groups excluding carboxylic acids is 2. The third-order valence-corrected chi connectivity index (χ3v) is 3.43. The molecule has 1 aliphatic rings. The molecule has 1 aromatic rings. The van der Waals surface area contributed by atoms with Crippen molar-refractivity contribution in [2.24, 2.45) is 0 Å². The van der Waals surface area contributed by atoms with Gasteiger partial charge in [0.15, 0.2) is 0 Å². The smallest absolute Gasteiger partial charge is 0.320 e. The van der Waals surface area contributed by atoms with Crippen molar-refractivity contribution in [3.05, 3.63) is 23.9 Å². The highest BCUT2D eigenvalue weighted by Crippen LogP contribution is 2.21. The lowest BCUT2D eigenvalue weighted by Gasteiger charge is -2.32. The molecule has 0 aromatic carbocycles. The quantitative estimate of drug-likeness (QED) is 0.873. The Morgan fingerprint density at radius 1 is 1.43 bits per heavy atom. The normalized spacial score (nSPS) is 18.8. The van der Waals surface area contributed by atoms with E-state index >= 15 is 0 Å². The SMILES string of the molecule is Cc1ccnc(NC(=O)NC2CC(=O)N(C(C)(C)C)C2)c1. The summed E-state index contributed by atoms with van der Waals surface area (Å²) in [6, 6.07) is 3.16. The van der Waals surface area contributed by atoms with Gasteiger partial charge < -0.3 is 10.2 Å². The molecule has 2 N–H and O–H groups in total. The van der Waals surface area contributed by atoms with Gasteiger partial charge in [-0.25, -0.2) is 9.78 Å². The molecule has 0 radical (unpaired) electrons. The first-order chi connectivity index (χ1) is 9.75. The first kappa shape index (κ1) is 15.3. The number of nitrogens with zero attached hydrogens (tertiary/aromatic N) is 2. The van der Waals surface area contributed by atoms with Gasteiger partial charge in [-0.1, -0.05) is 0 Å². The Balaban J connectivity index is 1.91. The molecule has 1 aliphatic heterocycles. The summed E-state index contributed by atoms with van der Waals surface area (Å²) in [6.45, 7) is 8.44. The second kappa shape index (κ2) is 5.71. The Labute approximate surface area is 124 Å². The van der Waals surface area contributed by atoms with Crippen LogP contribution < -0.4 is 10.6 Å². The van der Waals surface area contributed by atoms with Crippen molar-refractivity contribution in [2.45, 2.75) is 45.7 Å². The predicted octanol–water partition coefficient (Wildman–Crippen LogP) is 1.91. The van der Waals surface area contributed by atoms with Crippen molar-refractivity contribution >= 4 is 17.8 Å². The van der Waals surface area contributed by atoms with E-state index in [9.17, 15) is 9.59 Å². The van der Waals surface area contributed by atoms with Crippen molar-refractivity contribution in [1.29, 1.82) is 0 Å². The van der Waals surface area contributed by atoms with E-state index in [0.29, 0.717) is 18.8 Å². The highest BCUT2D eigenvalue weighted by Gasteiger charge is 2.36. The average Bonchev–Trinajstić information content (AvgIpc) is 2.69. The molecule has 1 saturated heterocycles. The van der Waals surface area contributed by atoms with E-state index in [4.69, 9.17) is 0 Å².